The molecular weight excluding hydrogens is 523 g/mol. The fraction of sp³-hybridized carbons (Fsp3) is 0.206. The highest BCUT2D eigenvalue weighted by Crippen LogP contribution is 2.49. The average molecular weight is 553 g/mol. The second kappa shape index (κ2) is 11.6. The molecule has 3 atom stereocenters. The van der Waals surface area contributed by atoms with Gasteiger partial charge in [0, 0.05) is 17.8 Å². The molecule has 0 fully saturated rings. The van der Waals surface area contributed by atoms with Crippen LogP contribution in [0.3, 0.4) is 0 Å². The first-order chi connectivity index (χ1) is 19.6. The molecule has 4 aromatic carbocycles. The summed E-state index contributed by atoms with van der Waals surface area (Å²) in [5.74, 6) is 1.67. The van der Waals surface area contributed by atoms with Crippen molar-refractivity contribution in [2.24, 2.45) is 10.9 Å². The molecule has 1 N–H and O–H groups in total. The zero-order valence-corrected chi connectivity index (χ0v) is 22.9. The van der Waals surface area contributed by atoms with E-state index in [2.05, 4.69) is 66.0 Å². The highest BCUT2D eigenvalue weighted by Gasteiger charge is 2.37. The third kappa shape index (κ3) is 5.47. The second-order valence-electron chi connectivity index (χ2n) is 10.1. The third-order valence-electron chi connectivity index (χ3n) is 7.52. The molecule has 0 saturated heterocycles. The number of benzene rings is 4. The van der Waals surface area contributed by atoms with Crippen molar-refractivity contribution in [1.82, 2.24) is 0 Å². The van der Waals surface area contributed by atoms with Crippen molar-refractivity contribution in [1.29, 1.82) is 0 Å². The van der Waals surface area contributed by atoms with Gasteiger partial charge in [-0.25, -0.2) is 4.39 Å². The van der Waals surface area contributed by atoms with Gasteiger partial charge in [-0.3, -0.25) is 4.99 Å². The molecule has 1 heterocycles. The minimum atomic E-state index is -0.286. The van der Waals surface area contributed by atoms with Crippen LogP contribution in [0.25, 0.3) is 0 Å². The minimum absolute atomic E-state index is 0.249. The molecule has 0 aromatic heterocycles. The van der Waals surface area contributed by atoms with Gasteiger partial charge in [0.2, 0.25) is 0 Å². The molecule has 0 saturated carbocycles. The quantitative estimate of drug-likeness (QED) is 0.175. The van der Waals surface area contributed by atoms with Gasteiger partial charge < -0.3 is 14.8 Å². The number of hydrogen-bond donors (Lipinski definition) is 1. The topological polar surface area (TPSA) is 42.8 Å². The number of allylic oxidation sites excluding steroid dienone is 2. The molecule has 1 aliphatic heterocycles. The van der Waals surface area contributed by atoms with Crippen LogP contribution < -0.4 is 14.8 Å². The van der Waals surface area contributed by atoms with Crippen LogP contribution in [0.5, 0.6) is 11.5 Å². The fourth-order valence-corrected chi connectivity index (χ4v) is 5.87. The van der Waals surface area contributed by atoms with Crippen molar-refractivity contribution < 1.29 is 13.9 Å². The van der Waals surface area contributed by atoms with Crippen molar-refractivity contribution in [3.8, 4) is 11.5 Å². The standard InChI is InChI=1S/C34H30ClFN2O2/c1-2-39-32-19-23(18-30(35)34(32)40-21-22-10-14-25(36)15-11-22)20-37-26-16-12-24(13-17-26)33-29-8-5-7-27(29)28-6-3-4-9-31(28)38-33/h3-7,9-20,27,29,33,38H,2,8,21H2,1H3/t27-,29+,33-/m0/s1. The van der Waals surface area contributed by atoms with E-state index >= 15 is 0 Å². The number of nitrogens with one attached hydrogen (secondary N) is 1. The molecular formula is C34H30ClFN2O2. The Morgan fingerprint density at radius 3 is 2.60 bits per heavy atom. The van der Waals surface area contributed by atoms with Crippen LogP contribution in [0.1, 0.15) is 47.6 Å². The number of anilines is 1. The Hall–Kier alpha value is -4.09. The van der Waals surface area contributed by atoms with Gasteiger partial charge in [0.15, 0.2) is 11.5 Å². The van der Waals surface area contributed by atoms with Crippen molar-refractivity contribution in [2.45, 2.75) is 31.9 Å². The van der Waals surface area contributed by atoms with Gasteiger partial charge in [0.1, 0.15) is 12.4 Å². The third-order valence-corrected chi connectivity index (χ3v) is 7.80. The number of para-hydroxylation sites is 1. The lowest BCUT2D eigenvalue weighted by molar-refractivity contribution is 0.269. The van der Waals surface area contributed by atoms with E-state index in [1.54, 1.807) is 24.4 Å². The zero-order valence-electron chi connectivity index (χ0n) is 22.2. The molecule has 0 spiro atoms. The Kier molecular flexibility index (Phi) is 7.56. The lowest BCUT2D eigenvalue weighted by Crippen LogP contribution is -2.28. The molecule has 6 heteroatoms. The van der Waals surface area contributed by atoms with E-state index in [0.717, 1.165) is 23.2 Å². The first-order valence-corrected chi connectivity index (χ1v) is 14.0. The summed E-state index contributed by atoms with van der Waals surface area (Å²) in [6.07, 6.45) is 7.52. The average Bonchev–Trinajstić information content (AvgIpc) is 3.47. The summed E-state index contributed by atoms with van der Waals surface area (Å²) in [7, 11) is 0. The summed E-state index contributed by atoms with van der Waals surface area (Å²) >= 11 is 6.59. The molecule has 2 aliphatic rings. The number of hydrogen-bond acceptors (Lipinski definition) is 4. The van der Waals surface area contributed by atoms with Crippen LogP contribution in [0.4, 0.5) is 15.8 Å². The van der Waals surface area contributed by atoms with E-state index in [1.807, 2.05) is 13.0 Å². The van der Waals surface area contributed by atoms with Crippen molar-refractivity contribution in [3.05, 3.63) is 130 Å². The number of rotatable bonds is 8. The summed E-state index contributed by atoms with van der Waals surface area (Å²) in [6, 6.07) is 27.1. The monoisotopic (exact) mass is 552 g/mol. The molecule has 0 unspecified atom stereocenters. The van der Waals surface area contributed by atoms with E-state index in [4.69, 9.17) is 26.1 Å². The van der Waals surface area contributed by atoms with Gasteiger partial charge in [0.05, 0.1) is 23.4 Å². The number of fused-ring (bicyclic) bond motifs is 3. The second-order valence-corrected chi connectivity index (χ2v) is 10.5. The molecule has 0 bridgehead atoms. The molecule has 0 radical (unpaired) electrons. The first kappa shape index (κ1) is 26.1. The van der Waals surface area contributed by atoms with E-state index in [-0.39, 0.29) is 18.5 Å². The Bertz CT molecular complexity index is 1550. The fourth-order valence-electron chi connectivity index (χ4n) is 5.59. The SMILES string of the molecule is CCOc1cc(C=Nc2ccc([C@@H]3Nc4ccccc4[C@@H]4C=CC[C@H]43)cc2)cc(Cl)c1OCc1ccc(F)cc1. The van der Waals surface area contributed by atoms with E-state index in [1.165, 1.54) is 28.9 Å². The van der Waals surface area contributed by atoms with E-state index in [9.17, 15) is 4.39 Å². The first-order valence-electron chi connectivity index (χ1n) is 13.6. The maximum absolute atomic E-state index is 13.2. The smallest absolute Gasteiger partial charge is 0.180 e. The Morgan fingerprint density at radius 2 is 1.80 bits per heavy atom. The van der Waals surface area contributed by atoms with Gasteiger partial charge >= 0.3 is 0 Å². The maximum atomic E-state index is 13.2. The number of nitrogens with zero attached hydrogens (tertiary/aromatic N) is 1. The summed E-state index contributed by atoms with van der Waals surface area (Å²) in [5.41, 5.74) is 6.35. The molecule has 6 rings (SSSR count). The highest BCUT2D eigenvalue weighted by atomic mass is 35.5. The molecule has 202 valence electrons. The normalized spacial score (nSPS) is 19.2. The number of aliphatic imine (C=N–C) groups is 1. The van der Waals surface area contributed by atoms with Gasteiger partial charge in [-0.15, -0.1) is 0 Å². The predicted molar refractivity (Wildman–Crippen MR) is 160 cm³/mol. The summed E-state index contributed by atoms with van der Waals surface area (Å²) < 4.78 is 25.0. The predicted octanol–water partition coefficient (Wildman–Crippen LogP) is 9.03. The van der Waals surface area contributed by atoms with Crippen LogP contribution in [-0.2, 0) is 6.61 Å². The van der Waals surface area contributed by atoms with Crippen LogP contribution in [0.2, 0.25) is 5.02 Å². The van der Waals surface area contributed by atoms with E-state index in [0.29, 0.717) is 35.0 Å². The van der Waals surface area contributed by atoms with Crippen LogP contribution in [0.15, 0.2) is 102 Å². The summed E-state index contributed by atoms with van der Waals surface area (Å²) in [5, 5.41) is 4.20. The van der Waals surface area contributed by atoms with Gasteiger partial charge in [-0.05, 0) is 84.0 Å². The highest BCUT2D eigenvalue weighted by molar-refractivity contribution is 6.32. The number of ether oxygens (including phenoxy) is 2. The summed E-state index contributed by atoms with van der Waals surface area (Å²) in [4.78, 5) is 4.69. The van der Waals surface area contributed by atoms with Gasteiger partial charge in [0.25, 0.3) is 0 Å². The van der Waals surface area contributed by atoms with Crippen molar-refractivity contribution in [3.63, 3.8) is 0 Å². The van der Waals surface area contributed by atoms with Crippen molar-refractivity contribution >= 4 is 29.2 Å². The zero-order chi connectivity index (χ0) is 27.5. The van der Waals surface area contributed by atoms with Crippen molar-refractivity contribution in [2.75, 3.05) is 11.9 Å². The van der Waals surface area contributed by atoms with Crippen LogP contribution in [0, 0.1) is 11.7 Å². The summed E-state index contributed by atoms with van der Waals surface area (Å²) in [6.45, 7) is 2.62. The van der Waals surface area contributed by atoms with Gasteiger partial charge in [-0.1, -0.05) is 66.2 Å². The molecule has 4 nitrogen and oxygen atoms in total. The lowest BCUT2D eigenvalue weighted by Gasteiger charge is -2.37. The molecule has 4 aromatic rings. The number of halogens is 2. The largest absolute Gasteiger partial charge is 0.490 e. The Labute approximate surface area is 239 Å². The lowest BCUT2D eigenvalue weighted by atomic mass is 9.77. The van der Waals surface area contributed by atoms with E-state index < -0.39 is 0 Å². The molecule has 40 heavy (non-hydrogen) atoms. The maximum Gasteiger partial charge on any atom is 0.180 e. The van der Waals surface area contributed by atoms with Gasteiger partial charge in [-0.2, -0.15) is 0 Å². The van der Waals surface area contributed by atoms with Crippen LogP contribution in [-0.4, -0.2) is 12.8 Å². The minimum Gasteiger partial charge on any atom is -0.490 e. The van der Waals surface area contributed by atoms with Crippen LogP contribution >= 0.6 is 11.6 Å². The molecule has 1 aliphatic carbocycles. The molecule has 0 amide bonds. The Morgan fingerprint density at radius 1 is 1.00 bits per heavy atom. The Balaban J connectivity index is 1.17.